The summed E-state index contributed by atoms with van der Waals surface area (Å²) in [6.07, 6.45) is 8.08. The Morgan fingerprint density at radius 1 is 0.972 bits per heavy atom. The first-order valence-corrected chi connectivity index (χ1v) is 15.1. The van der Waals surface area contributed by atoms with Gasteiger partial charge in [-0.1, -0.05) is 98.1 Å². The molecule has 2 fully saturated rings. The minimum Gasteiger partial charge on any atom is -0.486 e. The van der Waals surface area contributed by atoms with Crippen molar-refractivity contribution in [2.24, 2.45) is 5.41 Å². The number of nitrogens with zero attached hydrogens (tertiary/aromatic N) is 2. The van der Waals surface area contributed by atoms with Gasteiger partial charge in [-0.3, -0.25) is 0 Å². The van der Waals surface area contributed by atoms with Crippen molar-refractivity contribution >= 4 is 56.6 Å². The molecular formula is C29H33BrCl2N2OS. The van der Waals surface area contributed by atoms with Gasteiger partial charge in [0.25, 0.3) is 0 Å². The van der Waals surface area contributed by atoms with Crippen LogP contribution < -0.4 is 9.64 Å². The Kier molecular flexibility index (Phi) is 9.91. The van der Waals surface area contributed by atoms with E-state index >= 15 is 0 Å². The number of ether oxygens (including phenoxy) is 1. The molecule has 1 saturated heterocycles. The van der Waals surface area contributed by atoms with Gasteiger partial charge in [0.1, 0.15) is 16.2 Å². The minimum absolute atomic E-state index is 0.476. The second-order valence-electron chi connectivity index (χ2n) is 9.22. The predicted molar refractivity (Wildman–Crippen MR) is 157 cm³/mol. The molecule has 2 heterocycles. The van der Waals surface area contributed by atoms with Crippen LogP contribution in [0.3, 0.4) is 0 Å². The van der Waals surface area contributed by atoms with Crippen LogP contribution in [0, 0.1) is 5.41 Å². The van der Waals surface area contributed by atoms with Crippen LogP contribution >= 0.6 is 50.9 Å². The quantitative estimate of drug-likeness (QED) is 0.260. The highest BCUT2D eigenvalue weighted by molar-refractivity contribution is 9.10. The molecule has 192 valence electrons. The van der Waals surface area contributed by atoms with E-state index in [1.165, 1.54) is 50.3 Å². The molecule has 0 amide bonds. The normalized spacial score (nSPS) is 16.5. The molecule has 0 unspecified atom stereocenters. The molecule has 3 aromatic rings. The monoisotopic (exact) mass is 606 g/mol. The molecule has 1 spiro atoms. The first-order valence-electron chi connectivity index (χ1n) is 12.8. The smallest absolute Gasteiger partial charge is 0.154 e. The summed E-state index contributed by atoms with van der Waals surface area (Å²) in [6, 6.07) is 18.0. The summed E-state index contributed by atoms with van der Waals surface area (Å²) in [6.45, 7) is 6.60. The van der Waals surface area contributed by atoms with E-state index < -0.39 is 0 Å². The third-order valence-electron chi connectivity index (χ3n) is 7.08. The van der Waals surface area contributed by atoms with Crippen LogP contribution in [-0.2, 0) is 6.61 Å². The molecule has 1 aliphatic carbocycles. The second-order valence-corrected chi connectivity index (χ2v) is 11.8. The largest absolute Gasteiger partial charge is 0.486 e. The van der Waals surface area contributed by atoms with Gasteiger partial charge >= 0.3 is 0 Å². The van der Waals surface area contributed by atoms with E-state index in [2.05, 4.69) is 39.0 Å². The van der Waals surface area contributed by atoms with Crippen molar-refractivity contribution < 1.29 is 4.74 Å². The maximum atomic E-state index is 6.48. The standard InChI is InChI=1S/C27H27BrCl2N2OS.C2H6/c28-25-21(32-15-13-27(14-16-32)11-4-5-12-27)17-22(33-18-19-7-2-1-3-8-19)26(31-25)34-23-10-6-9-20(29)24(23)30;1-2/h1-3,6-10,17H,4-5,11-16,18H2;1-2H3. The van der Waals surface area contributed by atoms with E-state index in [-0.39, 0.29) is 0 Å². The summed E-state index contributed by atoms with van der Waals surface area (Å²) in [5.41, 5.74) is 2.78. The first kappa shape index (κ1) is 27.6. The Hall–Kier alpha value is -1.40. The third kappa shape index (κ3) is 6.53. The molecule has 0 N–H and O–H groups in total. The summed E-state index contributed by atoms with van der Waals surface area (Å²) in [4.78, 5) is 8.24. The van der Waals surface area contributed by atoms with Gasteiger partial charge in [0.2, 0.25) is 0 Å². The van der Waals surface area contributed by atoms with Crippen LogP contribution in [-0.4, -0.2) is 18.1 Å². The summed E-state index contributed by atoms with van der Waals surface area (Å²) in [7, 11) is 0. The molecule has 3 nitrogen and oxygen atoms in total. The number of piperidine rings is 1. The van der Waals surface area contributed by atoms with Crippen LogP contribution in [0.15, 0.2) is 69.1 Å². The van der Waals surface area contributed by atoms with Gasteiger partial charge in [-0.25, -0.2) is 4.98 Å². The van der Waals surface area contributed by atoms with Gasteiger partial charge in [0.15, 0.2) is 5.75 Å². The molecule has 36 heavy (non-hydrogen) atoms. The molecule has 0 bridgehead atoms. The Bertz CT molecular complexity index is 1150. The molecule has 2 aromatic carbocycles. The van der Waals surface area contributed by atoms with Crippen molar-refractivity contribution in [1.29, 1.82) is 0 Å². The fraction of sp³-hybridized carbons (Fsp3) is 0.414. The zero-order valence-electron chi connectivity index (χ0n) is 20.9. The first-order chi connectivity index (χ1) is 17.5. The SMILES string of the molecule is CC.Clc1cccc(Sc2nc(Br)c(N3CCC4(CCCC4)CC3)cc2OCc2ccccc2)c1Cl. The Balaban J connectivity index is 0.00000148. The molecule has 0 atom stereocenters. The number of rotatable bonds is 6. The number of halogens is 3. The third-order valence-corrected chi connectivity index (χ3v) is 9.64. The van der Waals surface area contributed by atoms with E-state index in [0.717, 1.165) is 44.6 Å². The highest BCUT2D eigenvalue weighted by Crippen LogP contribution is 2.48. The van der Waals surface area contributed by atoms with Crippen LogP contribution in [0.25, 0.3) is 0 Å². The van der Waals surface area contributed by atoms with E-state index in [1.54, 1.807) is 6.07 Å². The highest BCUT2D eigenvalue weighted by atomic mass is 79.9. The highest BCUT2D eigenvalue weighted by Gasteiger charge is 2.37. The number of benzene rings is 2. The van der Waals surface area contributed by atoms with Gasteiger partial charge < -0.3 is 9.64 Å². The fourth-order valence-corrected chi connectivity index (χ4v) is 7.14. The topological polar surface area (TPSA) is 25.4 Å². The van der Waals surface area contributed by atoms with Crippen molar-refractivity contribution in [3.05, 3.63) is 74.8 Å². The molecule has 7 heteroatoms. The lowest BCUT2D eigenvalue weighted by atomic mass is 9.77. The summed E-state index contributed by atoms with van der Waals surface area (Å²) < 4.78 is 7.17. The second kappa shape index (κ2) is 12.9. The molecule has 2 aliphatic rings. The Labute approximate surface area is 238 Å². The fourth-order valence-electron chi connectivity index (χ4n) is 5.09. The van der Waals surface area contributed by atoms with Gasteiger partial charge in [-0.05, 0) is 64.7 Å². The zero-order valence-corrected chi connectivity index (χ0v) is 24.8. The number of aromatic nitrogens is 1. The van der Waals surface area contributed by atoms with Crippen molar-refractivity contribution in [2.75, 3.05) is 18.0 Å². The average Bonchev–Trinajstić information content (AvgIpc) is 3.36. The van der Waals surface area contributed by atoms with Crippen molar-refractivity contribution in [3.8, 4) is 5.75 Å². The Morgan fingerprint density at radius 3 is 2.36 bits per heavy atom. The lowest BCUT2D eigenvalue weighted by Crippen LogP contribution is -2.39. The van der Waals surface area contributed by atoms with E-state index in [4.69, 9.17) is 32.9 Å². The maximum absolute atomic E-state index is 6.48. The van der Waals surface area contributed by atoms with Gasteiger partial charge in [0, 0.05) is 24.1 Å². The van der Waals surface area contributed by atoms with Crippen molar-refractivity contribution in [2.45, 2.75) is 68.9 Å². The molecule has 5 rings (SSSR count). The van der Waals surface area contributed by atoms with Crippen molar-refractivity contribution in [1.82, 2.24) is 4.98 Å². The summed E-state index contributed by atoms with van der Waals surface area (Å²) >= 11 is 18.0. The van der Waals surface area contributed by atoms with Gasteiger partial charge in [-0.15, -0.1) is 0 Å². The molecule has 0 radical (unpaired) electrons. The lowest BCUT2D eigenvalue weighted by molar-refractivity contribution is 0.226. The van der Waals surface area contributed by atoms with Gasteiger partial charge in [0.05, 0.1) is 15.7 Å². The number of hydrogen-bond donors (Lipinski definition) is 0. The van der Waals surface area contributed by atoms with E-state index in [9.17, 15) is 0 Å². The average molecular weight is 608 g/mol. The molecule has 1 saturated carbocycles. The minimum atomic E-state index is 0.476. The van der Waals surface area contributed by atoms with E-state index in [0.29, 0.717) is 22.1 Å². The number of hydrogen-bond acceptors (Lipinski definition) is 4. The van der Waals surface area contributed by atoms with Crippen LogP contribution in [0.2, 0.25) is 10.0 Å². The Morgan fingerprint density at radius 2 is 1.67 bits per heavy atom. The molecular weight excluding hydrogens is 575 g/mol. The molecule has 1 aromatic heterocycles. The summed E-state index contributed by atoms with van der Waals surface area (Å²) in [5, 5.41) is 1.83. The lowest BCUT2D eigenvalue weighted by Gasteiger charge is -2.40. The molecule has 1 aliphatic heterocycles. The van der Waals surface area contributed by atoms with Crippen LogP contribution in [0.4, 0.5) is 5.69 Å². The van der Waals surface area contributed by atoms with Crippen LogP contribution in [0.5, 0.6) is 5.75 Å². The summed E-state index contributed by atoms with van der Waals surface area (Å²) in [5.74, 6) is 0.754. The number of anilines is 1. The van der Waals surface area contributed by atoms with Crippen molar-refractivity contribution in [3.63, 3.8) is 0 Å². The van der Waals surface area contributed by atoms with Gasteiger partial charge in [-0.2, -0.15) is 0 Å². The van der Waals surface area contributed by atoms with Crippen LogP contribution in [0.1, 0.15) is 57.9 Å². The maximum Gasteiger partial charge on any atom is 0.154 e. The zero-order chi connectivity index (χ0) is 25.5. The predicted octanol–water partition coefficient (Wildman–Crippen LogP) is 10.1. The number of pyridine rings is 1. The van der Waals surface area contributed by atoms with E-state index in [1.807, 2.05) is 44.2 Å².